The fourth-order valence-corrected chi connectivity index (χ4v) is 3.50. The van der Waals surface area contributed by atoms with Crippen LogP contribution >= 0.6 is 11.6 Å². The first kappa shape index (κ1) is 15.6. The number of nitrogens with one attached hydrogen (secondary N) is 1. The van der Waals surface area contributed by atoms with Gasteiger partial charge in [0.2, 0.25) is 0 Å². The minimum absolute atomic E-state index is 0.000113. The van der Waals surface area contributed by atoms with E-state index in [1.807, 2.05) is 30.0 Å². The second-order valence-electron chi connectivity index (χ2n) is 6.54. The van der Waals surface area contributed by atoms with Crippen molar-refractivity contribution in [3.05, 3.63) is 34.9 Å². The van der Waals surface area contributed by atoms with Crippen molar-refractivity contribution in [1.82, 2.24) is 10.2 Å². The van der Waals surface area contributed by atoms with Gasteiger partial charge < -0.3 is 15.3 Å². The number of carbonyl (C=O) groups excluding carboxylic acids is 1. The predicted octanol–water partition coefficient (Wildman–Crippen LogP) is 3.00. The number of nitrogens with zero attached hydrogens (tertiary/aromatic N) is 1. The molecule has 1 aliphatic heterocycles. The van der Waals surface area contributed by atoms with E-state index in [0.717, 1.165) is 30.8 Å². The Labute approximate surface area is 136 Å². The Bertz CT molecular complexity index is 549. The lowest BCUT2D eigenvalue weighted by atomic mass is 9.94. The summed E-state index contributed by atoms with van der Waals surface area (Å²) in [6.45, 7) is 3.24. The molecule has 120 valence electrons. The zero-order valence-electron chi connectivity index (χ0n) is 12.8. The van der Waals surface area contributed by atoms with Crippen LogP contribution in [0.2, 0.25) is 5.02 Å². The van der Waals surface area contributed by atoms with E-state index in [4.69, 9.17) is 11.6 Å². The van der Waals surface area contributed by atoms with Gasteiger partial charge in [0.25, 0.3) is 0 Å². The molecule has 0 bridgehead atoms. The summed E-state index contributed by atoms with van der Waals surface area (Å²) in [5.41, 5.74) is 1.19. The van der Waals surface area contributed by atoms with Crippen LogP contribution in [0.15, 0.2) is 24.3 Å². The topological polar surface area (TPSA) is 52.6 Å². The average molecular weight is 323 g/mol. The van der Waals surface area contributed by atoms with Gasteiger partial charge in [-0.1, -0.05) is 23.7 Å². The van der Waals surface area contributed by atoms with Crippen molar-refractivity contribution in [2.45, 2.75) is 44.2 Å². The van der Waals surface area contributed by atoms with E-state index in [1.54, 1.807) is 0 Å². The number of carbonyl (C=O) groups is 1. The summed E-state index contributed by atoms with van der Waals surface area (Å²) >= 11 is 6.02. The van der Waals surface area contributed by atoms with Crippen LogP contribution < -0.4 is 5.32 Å². The smallest absolute Gasteiger partial charge is 0.317 e. The maximum Gasteiger partial charge on any atom is 0.317 e. The number of urea groups is 1. The van der Waals surface area contributed by atoms with Gasteiger partial charge in [-0.15, -0.1) is 0 Å². The molecule has 0 spiro atoms. The summed E-state index contributed by atoms with van der Waals surface area (Å²) in [5.74, 6) is 0.572. The normalized spacial score (nSPS) is 29.0. The van der Waals surface area contributed by atoms with Crippen LogP contribution in [0.4, 0.5) is 4.79 Å². The molecule has 1 heterocycles. The molecular formula is C17H23ClN2O2. The highest BCUT2D eigenvalue weighted by molar-refractivity contribution is 6.30. The molecule has 2 amide bonds. The highest BCUT2D eigenvalue weighted by atomic mass is 35.5. The van der Waals surface area contributed by atoms with Gasteiger partial charge in [-0.3, -0.25) is 0 Å². The maximum atomic E-state index is 12.4. The fraction of sp³-hybridized carbons (Fsp3) is 0.588. The number of amides is 2. The first-order chi connectivity index (χ1) is 10.5. The number of hydrogen-bond acceptors (Lipinski definition) is 2. The molecule has 22 heavy (non-hydrogen) atoms. The SMILES string of the molecule is CC(O)C1CCCN(C(=O)NC2CC2c2cccc(Cl)c2)C1. The first-order valence-electron chi connectivity index (χ1n) is 8.03. The summed E-state index contributed by atoms with van der Waals surface area (Å²) < 4.78 is 0. The molecule has 1 saturated heterocycles. The van der Waals surface area contributed by atoms with Gasteiger partial charge in [0.15, 0.2) is 0 Å². The molecule has 4 nitrogen and oxygen atoms in total. The Morgan fingerprint density at radius 2 is 2.32 bits per heavy atom. The van der Waals surface area contributed by atoms with Gasteiger partial charge in [0.05, 0.1) is 6.10 Å². The van der Waals surface area contributed by atoms with E-state index in [-0.39, 0.29) is 24.1 Å². The number of halogens is 1. The zero-order valence-corrected chi connectivity index (χ0v) is 13.6. The Balaban J connectivity index is 1.53. The summed E-state index contributed by atoms with van der Waals surface area (Å²) in [6, 6.07) is 8.06. The van der Waals surface area contributed by atoms with E-state index in [9.17, 15) is 9.90 Å². The summed E-state index contributed by atoms with van der Waals surface area (Å²) in [7, 11) is 0. The quantitative estimate of drug-likeness (QED) is 0.899. The largest absolute Gasteiger partial charge is 0.393 e. The van der Waals surface area contributed by atoms with E-state index in [1.165, 1.54) is 5.56 Å². The first-order valence-corrected chi connectivity index (χ1v) is 8.41. The third-order valence-corrected chi connectivity index (χ3v) is 5.04. The van der Waals surface area contributed by atoms with Crippen molar-refractivity contribution >= 4 is 17.6 Å². The van der Waals surface area contributed by atoms with Gasteiger partial charge in [-0.05, 0) is 43.9 Å². The van der Waals surface area contributed by atoms with Crippen molar-refractivity contribution in [1.29, 1.82) is 0 Å². The molecule has 1 aromatic rings. The van der Waals surface area contributed by atoms with E-state index < -0.39 is 0 Å². The maximum absolute atomic E-state index is 12.4. The van der Waals surface area contributed by atoms with Gasteiger partial charge in [0.1, 0.15) is 0 Å². The predicted molar refractivity (Wildman–Crippen MR) is 87.1 cm³/mol. The second-order valence-corrected chi connectivity index (χ2v) is 6.98. The lowest BCUT2D eigenvalue weighted by Gasteiger charge is -2.34. The van der Waals surface area contributed by atoms with E-state index in [0.29, 0.717) is 12.5 Å². The molecule has 1 aliphatic carbocycles. The number of likely N-dealkylation sites (tertiary alicyclic amines) is 1. The van der Waals surface area contributed by atoms with Crippen LogP contribution in [-0.2, 0) is 0 Å². The van der Waals surface area contributed by atoms with E-state index >= 15 is 0 Å². The molecular weight excluding hydrogens is 300 g/mol. The molecule has 2 aliphatic rings. The molecule has 0 radical (unpaired) electrons. The van der Waals surface area contributed by atoms with Crippen molar-refractivity contribution < 1.29 is 9.90 Å². The number of piperidine rings is 1. The van der Waals surface area contributed by atoms with Crippen LogP contribution in [0.25, 0.3) is 0 Å². The zero-order chi connectivity index (χ0) is 15.7. The van der Waals surface area contributed by atoms with Crippen molar-refractivity contribution in [2.75, 3.05) is 13.1 Å². The summed E-state index contributed by atoms with van der Waals surface area (Å²) in [5, 5.41) is 13.6. The van der Waals surface area contributed by atoms with Crippen LogP contribution in [-0.4, -0.2) is 41.3 Å². The number of aliphatic hydroxyl groups is 1. The monoisotopic (exact) mass is 322 g/mol. The fourth-order valence-electron chi connectivity index (χ4n) is 3.30. The van der Waals surface area contributed by atoms with Crippen LogP contribution in [0.5, 0.6) is 0 Å². The minimum Gasteiger partial charge on any atom is -0.393 e. The van der Waals surface area contributed by atoms with Crippen molar-refractivity contribution in [3.8, 4) is 0 Å². The third kappa shape index (κ3) is 3.55. The minimum atomic E-state index is -0.351. The lowest BCUT2D eigenvalue weighted by molar-refractivity contribution is 0.0738. The average Bonchev–Trinajstić information content (AvgIpc) is 3.26. The highest BCUT2D eigenvalue weighted by Gasteiger charge is 2.40. The van der Waals surface area contributed by atoms with Crippen LogP contribution in [0.3, 0.4) is 0 Å². The number of hydrogen-bond donors (Lipinski definition) is 2. The Morgan fingerprint density at radius 3 is 3.05 bits per heavy atom. The molecule has 5 heteroatoms. The lowest BCUT2D eigenvalue weighted by Crippen LogP contribution is -2.48. The summed E-state index contributed by atoms with van der Waals surface area (Å²) in [4.78, 5) is 14.2. The van der Waals surface area contributed by atoms with Crippen LogP contribution in [0, 0.1) is 5.92 Å². The molecule has 1 aromatic carbocycles. The van der Waals surface area contributed by atoms with Crippen LogP contribution in [0.1, 0.15) is 37.7 Å². The van der Waals surface area contributed by atoms with Crippen molar-refractivity contribution in [3.63, 3.8) is 0 Å². The van der Waals surface area contributed by atoms with Gasteiger partial charge >= 0.3 is 6.03 Å². The van der Waals surface area contributed by atoms with Crippen molar-refractivity contribution in [2.24, 2.45) is 5.92 Å². The van der Waals surface area contributed by atoms with Gasteiger partial charge in [-0.25, -0.2) is 4.79 Å². The molecule has 3 rings (SSSR count). The number of benzene rings is 1. The standard InChI is InChI=1S/C17H23ClN2O2/c1-11(21)13-5-3-7-20(10-13)17(22)19-16-9-15(16)12-4-2-6-14(18)8-12/h2,4,6,8,11,13,15-16,21H,3,5,7,9-10H2,1H3,(H,19,22). The number of aliphatic hydroxyl groups excluding tert-OH is 1. The molecule has 2 fully saturated rings. The van der Waals surface area contributed by atoms with Gasteiger partial charge in [0, 0.05) is 36.0 Å². The van der Waals surface area contributed by atoms with E-state index in [2.05, 4.69) is 11.4 Å². The number of rotatable bonds is 3. The molecule has 4 unspecified atom stereocenters. The molecule has 4 atom stereocenters. The third-order valence-electron chi connectivity index (χ3n) is 4.80. The molecule has 0 aromatic heterocycles. The molecule has 1 saturated carbocycles. The van der Waals surface area contributed by atoms with Gasteiger partial charge in [-0.2, -0.15) is 0 Å². The molecule has 2 N–H and O–H groups in total. The second kappa shape index (κ2) is 6.47. The summed E-state index contributed by atoms with van der Waals surface area (Å²) in [6.07, 6.45) is 2.58. The highest BCUT2D eigenvalue weighted by Crippen LogP contribution is 2.41. The Hall–Kier alpha value is -1.26. The Kier molecular flexibility index (Phi) is 4.59. The Morgan fingerprint density at radius 1 is 1.50 bits per heavy atom.